The van der Waals surface area contributed by atoms with Crippen molar-refractivity contribution in [3.05, 3.63) is 57.4 Å². The molecule has 18 heavy (non-hydrogen) atoms. The summed E-state index contributed by atoms with van der Waals surface area (Å²) in [5.41, 5.74) is 7.23. The molecule has 5 heteroatoms. The van der Waals surface area contributed by atoms with Gasteiger partial charge in [0.1, 0.15) is 10.8 Å². The van der Waals surface area contributed by atoms with Crippen molar-refractivity contribution in [1.82, 2.24) is 0 Å². The fourth-order valence-corrected chi connectivity index (χ4v) is 2.02. The van der Waals surface area contributed by atoms with Gasteiger partial charge in [-0.2, -0.15) is 0 Å². The van der Waals surface area contributed by atoms with E-state index in [2.05, 4.69) is 27.9 Å². The van der Waals surface area contributed by atoms with Gasteiger partial charge >= 0.3 is 0 Å². The average Bonchev–Trinajstić information content (AvgIpc) is 2.32. The van der Waals surface area contributed by atoms with E-state index in [-0.39, 0.29) is 10.6 Å². The van der Waals surface area contributed by atoms with E-state index in [9.17, 15) is 4.39 Å². The molecule has 0 saturated carbocycles. The zero-order chi connectivity index (χ0) is 13.1. The van der Waals surface area contributed by atoms with Crippen LogP contribution in [0.3, 0.4) is 0 Å². The van der Waals surface area contributed by atoms with Crippen molar-refractivity contribution in [2.75, 3.05) is 5.32 Å². The molecular weight excluding hydrogens is 362 g/mol. The van der Waals surface area contributed by atoms with Gasteiger partial charge in [0, 0.05) is 20.5 Å². The smallest absolute Gasteiger partial charge is 0.135 e. The Bertz CT molecular complexity index is 584. The lowest BCUT2D eigenvalue weighted by Crippen LogP contribution is -2.11. The van der Waals surface area contributed by atoms with Crippen LogP contribution in [0.25, 0.3) is 0 Å². The van der Waals surface area contributed by atoms with E-state index >= 15 is 0 Å². The van der Waals surface area contributed by atoms with Crippen LogP contribution >= 0.6 is 34.8 Å². The second-order valence-electron chi connectivity index (χ2n) is 3.69. The third-order valence-corrected chi connectivity index (χ3v) is 3.31. The molecule has 0 spiro atoms. The second-order valence-corrected chi connectivity index (χ2v) is 5.38. The lowest BCUT2D eigenvalue weighted by molar-refractivity contribution is 0.626. The monoisotopic (exact) mass is 372 g/mol. The SMILES string of the molecule is NC(=S)c1ccc(Nc2ccc(I)cc2)cc1F. The Balaban J connectivity index is 2.22. The maximum atomic E-state index is 13.7. The zero-order valence-corrected chi connectivity index (χ0v) is 12.3. The Labute approximate surface area is 124 Å². The summed E-state index contributed by atoms with van der Waals surface area (Å²) < 4.78 is 14.8. The Kier molecular flexibility index (Phi) is 4.13. The quantitative estimate of drug-likeness (QED) is 0.636. The first-order valence-corrected chi connectivity index (χ1v) is 6.67. The van der Waals surface area contributed by atoms with E-state index in [0.717, 1.165) is 9.26 Å². The number of halogens is 2. The van der Waals surface area contributed by atoms with Gasteiger partial charge < -0.3 is 11.1 Å². The van der Waals surface area contributed by atoms with Crippen molar-refractivity contribution in [2.24, 2.45) is 5.73 Å². The number of hydrogen-bond donors (Lipinski definition) is 2. The van der Waals surface area contributed by atoms with Gasteiger partial charge in [-0.25, -0.2) is 4.39 Å². The Morgan fingerprint density at radius 2 is 1.72 bits per heavy atom. The molecule has 2 aromatic carbocycles. The summed E-state index contributed by atoms with van der Waals surface area (Å²) >= 11 is 6.98. The van der Waals surface area contributed by atoms with E-state index in [0.29, 0.717) is 5.69 Å². The number of hydrogen-bond acceptors (Lipinski definition) is 2. The number of anilines is 2. The topological polar surface area (TPSA) is 38.0 Å². The molecule has 0 bridgehead atoms. The number of benzene rings is 2. The van der Waals surface area contributed by atoms with Crippen LogP contribution in [-0.4, -0.2) is 4.99 Å². The Hall–Kier alpha value is -1.21. The first-order chi connectivity index (χ1) is 8.56. The lowest BCUT2D eigenvalue weighted by Gasteiger charge is -2.08. The molecule has 0 heterocycles. The van der Waals surface area contributed by atoms with E-state index in [4.69, 9.17) is 18.0 Å². The molecule has 2 rings (SSSR count). The number of nitrogens with one attached hydrogen (secondary N) is 1. The van der Waals surface area contributed by atoms with Gasteiger partial charge in [-0.1, -0.05) is 12.2 Å². The van der Waals surface area contributed by atoms with Crippen molar-refractivity contribution >= 4 is 51.2 Å². The summed E-state index contributed by atoms with van der Waals surface area (Å²) in [7, 11) is 0. The third-order valence-electron chi connectivity index (χ3n) is 2.37. The molecule has 0 radical (unpaired) electrons. The van der Waals surface area contributed by atoms with Gasteiger partial charge in [0.25, 0.3) is 0 Å². The van der Waals surface area contributed by atoms with Crippen LogP contribution in [0.1, 0.15) is 5.56 Å². The minimum atomic E-state index is -0.419. The van der Waals surface area contributed by atoms with E-state index in [1.807, 2.05) is 24.3 Å². The maximum Gasteiger partial charge on any atom is 0.135 e. The first kappa shape index (κ1) is 13.2. The predicted octanol–water partition coefficient (Wildman–Crippen LogP) is 3.81. The normalized spacial score (nSPS) is 10.1. The van der Waals surface area contributed by atoms with Crippen molar-refractivity contribution in [3.63, 3.8) is 0 Å². The molecule has 0 aliphatic heterocycles. The third kappa shape index (κ3) is 3.17. The highest BCUT2D eigenvalue weighted by atomic mass is 127. The van der Waals surface area contributed by atoms with Crippen LogP contribution in [0, 0.1) is 9.39 Å². The fourth-order valence-electron chi connectivity index (χ4n) is 1.49. The molecule has 0 atom stereocenters. The molecule has 0 saturated heterocycles. The number of rotatable bonds is 3. The molecule has 0 fully saturated rings. The minimum absolute atomic E-state index is 0.0633. The maximum absolute atomic E-state index is 13.7. The van der Waals surface area contributed by atoms with Crippen LogP contribution in [0.5, 0.6) is 0 Å². The van der Waals surface area contributed by atoms with Crippen LogP contribution in [0.15, 0.2) is 42.5 Å². The summed E-state index contributed by atoms with van der Waals surface area (Å²) in [6, 6.07) is 12.5. The average molecular weight is 372 g/mol. The van der Waals surface area contributed by atoms with Gasteiger partial charge in [0.15, 0.2) is 0 Å². The van der Waals surface area contributed by atoms with Crippen molar-refractivity contribution < 1.29 is 4.39 Å². The molecule has 0 unspecified atom stereocenters. The molecule has 0 amide bonds. The standard InChI is InChI=1S/C13H10FIN2S/c14-12-7-10(5-6-11(12)13(16)18)17-9-3-1-8(15)2-4-9/h1-7,17H,(H2,16,18). The molecule has 0 aliphatic rings. The van der Waals surface area contributed by atoms with Crippen molar-refractivity contribution in [1.29, 1.82) is 0 Å². The first-order valence-electron chi connectivity index (χ1n) is 5.18. The highest BCUT2D eigenvalue weighted by Crippen LogP contribution is 2.20. The summed E-state index contributed by atoms with van der Waals surface area (Å²) in [5.74, 6) is -0.419. The number of thiocarbonyl (C=S) groups is 1. The van der Waals surface area contributed by atoms with E-state index < -0.39 is 5.82 Å². The van der Waals surface area contributed by atoms with Gasteiger partial charge in [-0.05, 0) is 65.1 Å². The van der Waals surface area contributed by atoms with E-state index in [1.165, 1.54) is 6.07 Å². The molecule has 0 aromatic heterocycles. The number of nitrogens with two attached hydrogens (primary N) is 1. The fraction of sp³-hybridized carbons (Fsp3) is 0. The largest absolute Gasteiger partial charge is 0.389 e. The molecule has 2 aromatic rings. The second kappa shape index (κ2) is 5.62. The molecule has 3 N–H and O–H groups in total. The predicted molar refractivity (Wildman–Crippen MR) is 84.7 cm³/mol. The van der Waals surface area contributed by atoms with Crippen LogP contribution in [0.4, 0.5) is 15.8 Å². The van der Waals surface area contributed by atoms with Crippen LogP contribution in [-0.2, 0) is 0 Å². The molecule has 92 valence electrons. The summed E-state index contributed by atoms with van der Waals surface area (Å²) in [6.07, 6.45) is 0. The van der Waals surface area contributed by atoms with Crippen LogP contribution < -0.4 is 11.1 Å². The zero-order valence-electron chi connectivity index (χ0n) is 9.28. The molecular formula is C13H10FIN2S. The van der Waals surface area contributed by atoms with Crippen molar-refractivity contribution in [3.8, 4) is 0 Å². The summed E-state index contributed by atoms with van der Waals surface area (Å²) in [6.45, 7) is 0. The summed E-state index contributed by atoms with van der Waals surface area (Å²) in [5, 5.41) is 3.11. The molecule has 2 nitrogen and oxygen atoms in total. The Morgan fingerprint density at radius 3 is 2.28 bits per heavy atom. The van der Waals surface area contributed by atoms with Gasteiger partial charge in [-0.15, -0.1) is 0 Å². The van der Waals surface area contributed by atoms with Gasteiger partial charge in [-0.3, -0.25) is 0 Å². The molecule has 0 aliphatic carbocycles. The highest BCUT2D eigenvalue weighted by Gasteiger charge is 2.05. The minimum Gasteiger partial charge on any atom is -0.389 e. The summed E-state index contributed by atoms with van der Waals surface area (Å²) in [4.78, 5) is 0.0633. The van der Waals surface area contributed by atoms with Crippen molar-refractivity contribution in [2.45, 2.75) is 0 Å². The van der Waals surface area contributed by atoms with Crippen LogP contribution in [0.2, 0.25) is 0 Å². The van der Waals surface area contributed by atoms with Gasteiger partial charge in [0.2, 0.25) is 0 Å². The van der Waals surface area contributed by atoms with E-state index in [1.54, 1.807) is 12.1 Å². The Morgan fingerprint density at radius 1 is 1.11 bits per heavy atom. The van der Waals surface area contributed by atoms with Gasteiger partial charge in [0.05, 0.1) is 0 Å². The lowest BCUT2D eigenvalue weighted by atomic mass is 10.2. The highest BCUT2D eigenvalue weighted by molar-refractivity contribution is 14.1.